The molecule has 0 radical (unpaired) electrons. The van der Waals surface area contributed by atoms with Crippen molar-refractivity contribution in [3.8, 4) is 11.6 Å². The Morgan fingerprint density at radius 2 is 1.81 bits per heavy atom. The molecule has 9 nitrogen and oxygen atoms in total. The lowest BCUT2D eigenvalue weighted by atomic mass is 10.2. The minimum Gasteiger partial charge on any atom is -0.481 e. The minimum absolute atomic E-state index is 0.153. The number of unbranched alkanes of at least 4 members (excludes halogenated alkanes) is 1. The highest BCUT2D eigenvalue weighted by atomic mass is 35.5. The van der Waals surface area contributed by atoms with E-state index in [1.54, 1.807) is 47.3 Å². The van der Waals surface area contributed by atoms with Crippen LogP contribution in [0.25, 0.3) is 5.69 Å². The molecule has 0 bridgehead atoms. The molecule has 0 aliphatic carbocycles. The van der Waals surface area contributed by atoms with Gasteiger partial charge >= 0.3 is 12.1 Å². The Labute approximate surface area is 215 Å². The normalized spacial score (nSPS) is 10.4. The van der Waals surface area contributed by atoms with Gasteiger partial charge in [-0.2, -0.15) is 5.06 Å². The van der Waals surface area contributed by atoms with E-state index in [2.05, 4.69) is 12.0 Å². The van der Waals surface area contributed by atoms with Crippen LogP contribution in [0.15, 0.2) is 72.9 Å². The lowest BCUT2D eigenvalue weighted by Crippen LogP contribution is -2.30. The lowest BCUT2D eigenvalue weighted by Gasteiger charge is -2.20. The van der Waals surface area contributed by atoms with Gasteiger partial charge in [0.25, 0.3) is 0 Å². The first-order valence-electron chi connectivity index (χ1n) is 11.2. The number of hydroxylamine groups is 1. The lowest BCUT2D eigenvalue weighted by molar-refractivity contribution is -0.136. The highest BCUT2D eigenvalue weighted by molar-refractivity contribution is 6.30. The van der Waals surface area contributed by atoms with Gasteiger partial charge in [-0.15, -0.1) is 5.10 Å². The maximum Gasteiger partial charge on any atom is 0.438 e. The van der Waals surface area contributed by atoms with E-state index in [9.17, 15) is 9.59 Å². The average molecular weight is 516 g/mol. The molecule has 0 aliphatic heterocycles. The SMILES string of the molecule is CCC/C=C/CC(=O)O.COC(=O)N(OC)c1ccccc1COc1ccn(-c2ccc(Cl)cc2)n1. The highest BCUT2D eigenvalue weighted by Crippen LogP contribution is 2.23. The number of carbonyl (C=O) groups is 2. The van der Waals surface area contributed by atoms with Crippen molar-refractivity contribution in [1.82, 2.24) is 9.78 Å². The Morgan fingerprint density at radius 1 is 1.08 bits per heavy atom. The van der Waals surface area contributed by atoms with Crippen LogP contribution in [-0.2, 0) is 21.0 Å². The summed E-state index contributed by atoms with van der Waals surface area (Å²) in [5, 5.41) is 14.3. The van der Waals surface area contributed by atoms with Crippen LogP contribution in [0.1, 0.15) is 31.7 Å². The molecule has 3 aromatic rings. The molecule has 1 heterocycles. The molecule has 0 saturated heterocycles. The second-order valence-corrected chi connectivity index (χ2v) is 7.73. The maximum absolute atomic E-state index is 11.9. The Bertz CT molecular complexity index is 1130. The number of para-hydroxylation sites is 1. The van der Waals surface area contributed by atoms with Crippen molar-refractivity contribution in [2.24, 2.45) is 0 Å². The average Bonchev–Trinajstić information content (AvgIpc) is 3.36. The first-order valence-corrected chi connectivity index (χ1v) is 11.6. The van der Waals surface area contributed by atoms with Gasteiger partial charge in [0, 0.05) is 22.8 Å². The van der Waals surface area contributed by atoms with Crippen LogP contribution in [0.4, 0.5) is 10.5 Å². The number of hydrogen-bond donors (Lipinski definition) is 1. The third-order valence-corrected chi connectivity index (χ3v) is 4.93. The maximum atomic E-state index is 11.9. The third kappa shape index (κ3) is 9.09. The Morgan fingerprint density at radius 3 is 2.44 bits per heavy atom. The zero-order chi connectivity index (χ0) is 26.3. The van der Waals surface area contributed by atoms with E-state index in [0.717, 1.165) is 29.2 Å². The summed E-state index contributed by atoms with van der Waals surface area (Å²) in [6.07, 6.45) is 6.96. The fourth-order valence-corrected chi connectivity index (χ4v) is 3.05. The van der Waals surface area contributed by atoms with Crippen LogP contribution in [0, 0.1) is 0 Å². The van der Waals surface area contributed by atoms with Gasteiger partial charge in [0.1, 0.15) is 6.61 Å². The predicted molar refractivity (Wildman–Crippen MR) is 138 cm³/mol. The molecule has 0 spiro atoms. The number of aromatic nitrogens is 2. The topological polar surface area (TPSA) is 103 Å². The molecule has 36 heavy (non-hydrogen) atoms. The Kier molecular flexibility index (Phi) is 12.0. The number of halogens is 1. The Balaban J connectivity index is 0.000000434. The van der Waals surface area contributed by atoms with Crippen molar-refractivity contribution in [3.63, 3.8) is 0 Å². The zero-order valence-electron chi connectivity index (χ0n) is 20.5. The number of benzene rings is 2. The van der Waals surface area contributed by atoms with E-state index in [1.807, 2.05) is 30.3 Å². The Hall–Kier alpha value is -3.82. The third-order valence-electron chi connectivity index (χ3n) is 4.68. The number of aliphatic carboxylic acids is 1. The van der Waals surface area contributed by atoms with E-state index < -0.39 is 12.1 Å². The quantitative estimate of drug-likeness (QED) is 0.258. The van der Waals surface area contributed by atoms with Crippen LogP contribution in [0.2, 0.25) is 5.02 Å². The number of rotatable bonds is 10. The summed E-state index contributed by atoms with van der Waals surface area (Å²) < 4.78 is 12.2. The summed E-state index contributed by atoms with van der Waals surface area (Å²) >= 11 is 5.91. The van der Waals surface area contributed by atoms with E-state index in [4.69, 9.17) is 31.0 Å². The predicted octanol–water partition coefficient (Wildman–Crippen LogP) is 6.06. The van der Waals surface area contributed by atoms with Crippen LogP contribution < -0.4 is 9.80 Å². The summed E-state index contributed by atoms with van der Waals surface area (Å²) in [6.45, 7) is 2.26. The van der Waals surface area contributed by atoms with E-state index in [1.165, 1.54) is 14.2 Å². The van der Waals surface area contributed by atoms with Crippen molar-refractivity contribution in [2.75, 3.05) is 19.3 Å². The smallest absolute Gasteiger partial charge is 0.438 e. The second kappa shape index (κ2) is 15.2. The number of carboxylic acids is 1. The number of hydrogen-bond acceptors (Lipinski definition) is 6. The van der Waals surface area contributed by atoms with Crippen LogP contribution >= 0.6 is 11.6 Å². The van der Waals surface area contributed by atoms with Crippen LogP contribution in [0.5, 0.6) is 5.88 Å². The number of ether oxygens (including phenoxy) is 2. The zero-order valence-corrected chi connectivity index (χ0v) is 21.2. The summed E-state index contributed by atoms with van der Waals surface area (Å²) in [6, 6.07) is 16.3. The fourth-order valence-electron chi connectivity index (χ4n) is 2.93. The second-order valence-electron chi connectivity index (χ2n) is 7.30. The summed E-state index contributed by atoms with van der Waals surface area (Å²) in [5.74, 6) is -0.316. The summed E-state index contributed by atoms with van der Waals surface area (Å²) in [4.78, 5) is 26.9. The van der Waals surface area contributed by atoms with E-state index in [0.29, 0.717) is 16.6 Å². The standard InChI is InChI=1S/C19H18ClN3O4.C7H12O2/c1-25-19(24)23(26-2)17-6-4-3-5-14(17)13-27-18-11-12-22(21-18)16-9-7-15(20)8-10-16;1-2-3-4-5-6-7(8)9/h3-12H,13H2,1-2H3;4-5H,2-3,6H2,1H3,(H,8,9)/b;5-4+. The van der Waals surface area contributed by atoms with Crippen molar-refractivity contribution in [3.05, 3.63) is 83.5 Å². The molecule has 0 saturated carbocycles. The molecular weight excluding hydrogens is 486 g/mol. The van der Waals surface area contributed by atoms with Gasteiger partial charge in [-0.25, -0.2) is 9.48 Å². The van der Waals surface area contributed by atoms with Gasteiger partial charge in [0.15, 0.2) is 0 Å². The number of anilines is 1. The molecule has 3 rings (SSSR count). The highest BCUT2D eigenvalue weighted by Gasteiger charge is 2.19. The van der Waals surface area contributed by atoms with E-state index >= 15 is 0 Å². The number of carboxylic acid groups (broad SMARTS) is 1. The summed E-state index contributed by atoms with van der Waals surface area (Å²) in [7, 11) is 2.68. The van der Waals surface area contributed by atoms with Crippen molar-refractivity contribution >= 4 is 29.4 Å². The number of nitrogens with zero attached hydrogens (tertiary/aromatic N) is 3. The van der Waals surface area contributed by atoms with Crippen molar-refractivity contribution in [2.45, 2.75) is 32.8 Å². The molecule has 192 valence electrons. The minimum atomic E-state index is -0.762. The fraction of sp³-hybridized carbons (Fsp3) is 0.269. The van der Waals surface area contributed by atoms with Crippen LogP contribution in [0.3, 0.4) is 0 Å². The molecule has 0 atom stereocenters. The van der Waals surface area contributed by atoms with Crippen molar-refractivity contribution < 1.29 is 29.0 Å². The largest absolute Gasteiger partial charge is 0.481 e. The van der Waals surface area contributed by atoms with Gasteiger partial charge in [-0.05, 0) is 36.8 Å². The van der Waals surface area contributed by atoms with Gasteiger partial charge in [-0.3, -0.25) is 9.63 Å². The van der Waals surface area contributed by atoms with Crippen molar-refractivity contribution in [1.29, 1.82) is 0 Å². The molecule has 1 aromatic heterocycles. The number of allylic oxidation sites excluding steroid dienone is 1. The first-order chi connectivity index (χ1) is 17.4. The molecule has 0 unspecified atom stereocenters. The van der Waals surface area contributed by atoms with Gasteiger partial charge < -0.3 is 14.6 Å². The number of amides is 1. The molecule has 0 fully saturated rings. The van der Waals surface area contributed by atoms with Gasteiger partial charge in [-0.1, -0.05) is 55.3 Å². The van der Waals surface area contributed by atoms with E-state index in [-0.39, 0.29) is 13.0 Å². The molecule has 10 heteroatoms. The van der Waals surface area contributed by atoms with Gasteiger partial charge in [0.05, 0.1) is 32.0 Å². The number of carbonyl (C=O) groups excluding carboxylic acids is 1. The molecule has 0 aliphatic rings. The van der Waals surface area contributed by atoms with Gasteiger partial charge in [0.2, 0.25) is 5.88 Å². The number of methoxy groups -OCH3 is 1. The first kappa shape index (κ1) is 28.4. The molecule has 2 aromatic carbocycles. The summed E-state index contributed by atoms with van der Waals surface area (Å²) in [5.41, 5.74) is 2.14. The molecule has 1 N–H and O–H groups in total. The monoisotopic (exact) mass is 515 g/mol. The van der Waals surface area contributed by atoms with Crippen LogP contribution in [-0.4, -0.2) is 41.2 Å². The molecule has 1 amide bonds. The molecular formula is C26H30ClN3O6.